The number of hydrogen-bond acceptors (Lipinski definition) is 14. The Morgan fingerprint density at radius 1 is 0.415 bits per heavy atom. The van der Waals surface area contributed by atoms with Crippen molar-refractivity contribution in [3.8, 4) is 17.2 Å². The Bertz CT molecular complexity index is 6530. The molecule has 11 heterocycles. The van der Waals surface area contributed by atoms with E-state index in [0.717, 1.165) is 133 Å². The summed E-state index contributed by atoms with van der Waals surface area (Å²) in [4.78, 5) is 121. The lowest BCUT2D eigenvalue weighted by Crippen LogP contribution is -2.49. The van der Waals surface area contributed by atoms with E-state index < -0.39 is 12.2 Å². The third kappa shape index (κ3) is 22.1. The van der Waals surface area contributed by atoms with Gasteiger partial charge in [0, 0.05) is 161 Å². The molecular formula is C109H139F3N12O11. The summed E-state index contributed by atoms with van der Waals surface area (Å²) >= 11 is 0. The van der Waals surface area contributed by atoms with Crippen molar-refractivity contribution in [2.75, 3.05) is 74.7 Å². The number of alkyl halides is 3. The molecule has 5 N–H and O–H groups in total. The fourth-order valence-electron chi connectivity index (χ4n) is 22.4. The van der Waals surface area contributed by atoms with E-state index in [-0.39, 0.29) is 96.1 Å². The van der Waals surface area contributed by atoms with Crippen LogP contribution >= 0.6 is 0 Å². The first-order valence-electron chi connectivity index (χ1n) is 48.4. The second-order valence-corrected chi connectivity index (χ2v) is 38.4. The van der Waals surface area contributed by atoms with Crippen LogP contribution in [0.2, 0.25) is 0 Å². The summed E-state index contributed by atoms with van der Waals surface area (Å²) in [5.74, 6) is 3.09. The van der Waals surface area contributed by atoms with Crippen molar-refractivity contribution in [3.05, 3.63) is 258 Å². The number of aromatic nitrogens is 8. The van der Waals surface area contributed by atoms with Gasteiger partial charge < -0.3 is 67.5 Å². The summed E-state index contributed by atoms with van der Waals surface area (Å²) < 4.78 is 66.4. The Labute approximate surface area is 790 Å². The summed E-state index contributed by atoms with van der Waals surface area (Å²) in [6, 6.07) is 38.8. The average molecular weight is 1850 g/mol. The molecule has 135 heavy (non-hydrogen) atoms. The molecule has 0 spiro atoms. The number of rotatable bonds is 27. The number of likely N-dealkylation sites (tertiary alicyclic amines) is 3. The van der Waals surface area contributed by atoms with Gasteiger partial charge in [-0.05, 0) is 292 Å². The number of aryl methyl sites for hydroxylation is 5. The van der Waals surface area contributed by atoms with Crippen LogP contribution in [0, 0.1) is 86.0 Å². The van der Waals surface area contributed by atoms with Gasteiger partial charge in [0.2, 0.25) is 0 Å². The molecule has 12 aromatic rings. The monoisotopic (exact) mass is 1850 g/mol. The lowest BCUT2D eigenvalue weighted by molar-refractivity contribution is -0.192. The Morgan fingerprint density at radius 2 is 0.726 bits per heavy atom. The molecule has 23 nitrogen and oxygen atoms in total. The van der Waals surface area contributed by atoms with Crippen molar-refractivity contribution in [1.82, 2.24) is 58.2 Å². The van der Waals surface area contributed by atoms with Gasteiger partial charge in [0.25, 0.3) is 28.1 Å². The lowest BCUT2D eigenvalue weighted by Gasteiger charge is -2.40. The fourth-order valence-corrected chi connectivity index (χ4v) is 22.4. The van der Waals surface area contributed by atoms with E-state index in [2.05, 4.69) is 135 Å². The molecule has 4 aliphatic rings. The maximum atomic E-state index is 13.7. The molecule has 16 rings (SSSR count). The summed E-state index contributed by atoms with van der Waals surface area (Å²) in [5, 5.41) is 6.79. The van der Waals surface area contributed by atoms with Gasteiger partial charge in [-0.2, -0.15) is 13.2 Å². The third-order valence-electron chi connectivity index (χ3n) is 29.9. The summed E-state index contributed by atoms with van der Waals surface area (Å²) in [7, 11) is 8.32. The van der Waals surface area contributed by atoms with Crippen LogP contribution in [0.1, 0.15) is 263 Å². The van der Waals surface area contributed by atoms with Crippen molar-refractivity contribution in [2.45, 2.75) is 249 Å². The first-order valence-corrected chi connectivity index (χ1v) is 48.4. The molecular weight excluding hydrogens is 1710 g/mol. The van der Waals surface area contributed by atoms with Crippen LogP contribution in [-0.2, 0) is 25.8 Å². The zero-order chi connectivity index (χ0) is 97.3. The molecule has 722 valence electrons. The van der Waals surface area contributed by atoms with E-state index in [1.165, 1.54) is 76.8 Å². The Balaban J connectivity index is 0.000000153. The van der Waals surface area contributed by atoms with E-state index in [0.29, 0.717) is 118 Å². The number of carbonyl (C=O) groups excluding carboxylic acids is 4. The van der Waals surface area contributed by atoms with Gasteiger partial charge in [0.1, 0.15) is 23.3 Å². The Morgan fingerprint density at radius 3 is 1.07 bits per heavy atom. The van der Waals surface area contributed by atoms with Gasteiger partial charge >= 0.3 is 6.18 Å². The van der Waals surface area contributed by atoms with Gasteiger partial charge in [-0.25, -0.2) is 0 Å². The van der Waals surface area contributed by atoms with Crippen LogP contribution in [0.25, 0.3) is 43.6 Å². The number of nitrogens with one attached hydrogen (secondary N) is 5. The van der Waals surface area contributed by atoms with Crippen LogP contribution in [0.3, 0.4) is 0 Å². The molecule has 26 heteroatoms. The second-order valence-electron chi connectivity index (χ2n) is 38.4. The second kappa shape index (κ2) is 44.0. The molecule has 1 saturated carbocycles. The summed E-state index contributed by atoms with van der Waals surface area (Å²) in [6.45, 7) is 34.5. The number of halogens is 3. The van der Waals surface area contributed by atoms with E-state index in [1.807, 2.05) is 131 Å². The highest BCUT2D eigenvalue weighted by atomic mass is 19.4. The lowest BCUT2D eigenvalue weighted by atomic mass is 9.84. The Kier molecular flexibility index (Phi) is 32.9. The molecule has 3 aliphatic heterocycles. The number of H-pyrrole nitrogens is 4. The number of fused-ring (bicyclic) bond motifs is 4. The van der Waals surface area contributed by atoms with Crippen molar-refractivity contribution >= 4 is 66.9 Å². The number of piperidine rings is 3. The van der Waals surface area contributed by atoms with Crippen LogP contribution in [-0.4, -0.2) is 163 Å². The number of Topliss-reactive ketones (excluding diaryl/α,β-unsaturated/α-hetero) is 3. The molecule has 1 aliphatic carbocycles. The van der Waals surface area contributed by atoms with E-state index >= 15 is 0 Å². The highest BCUT2D eigenvalue weighted by Crippen LogP contribution is 2.45. The standard InChI is InChI=1S/C28H34F3N3O3.C27H36N4O2.C27H35N3O3.C27H34N2O3/c1-16-14-24(37-5)21(27(36)32-16)10-11-23(35)26-18(3)34(22-9-7-6-8-20(22)26)17(2)19-12-13-33(4)25(15-19)28(29,30)31;1-6-30-13-11-21(12-14-30)19(4)31-20(5)25(22-9-7-8-10-24(22)31)27(33)28-16-23-17(2)15-18(3)29-26(23)32;1-17-16-25(33-5)22(27(32)28-17)10-11-24(31)26-19(3)30(23-9-7-6-8-21(23)26)18(2)20-12-14-29(4)15-13-20;1-17-16-25(32-4)22(27(31)28-17)14-15-24(30)26-19(3)29(23-13-9-8-12-21(23)26)18(2)20-10-6-5-7-11-20/h6-9,14,17,19,25H,10-13,15H2,1-5H3,(H,32,36);7-10,15,19,21H,6,11-14,16H2,1-5H3,(H,28,33)(H,29,32);6-9,16,18,20H,10-15H2,1-5H3,(H,28,32);8-9,12-13,16,18,20H,5-7,10-11,14-15H2,1-4H3,(H,28,31)/t17-,19-,25+;;2*18-/m1.11/s1. The number of carbonyl (C=O) groups is 4. The SMILES string of the molecule is CCN1CCC(C(C)n2c(C)c(C(=O)NCc3c(C)cc(C)[nH]c3=O)c3ccccc32)CC1.COc1cc(C)[nH]c(=O)c1CCC(=O)c1c(C)n([C@H](C)C2CCCCC2)c2ccccc12.COc1cc(C)[nH]c(=O)c1CCC(=O)c1c(C)n([C@H](C)C2CCN(C)CC2)c2ccccc12.COc1cc(C)[nH]c(=O)c1CCC(=O)c1c(C)n([C@H](C)[C@@H]2CCN(C)[C@H](C(F)(F)F)C2)c2ccccc12. The average Bonchev–Trinajstić information content (AvgIpc) is 1.62. The van der Waals surface area contributed by atoms with Crippen molar-refractivity contribution < 1.29 is 46.6 Å². The van der Waals surface area contributed by atoms with E-state index in [1.54, 1.807) is 27.2 Å². The van der Waals surface area contributed by atoms with Crippen molar-refractivity contribution in [1.29, 1.82) is 0 Å². The smallest absolute Gasteiger partial charge is 0.404 e. The molecule has 6 atom stereocenters. The number of methoxy groups -OCH3 is 3. The number of hydrogen-bond donors (Lipinski definition) is 5. The molecule has 0 radical (unpaired) electrons. The molecule has 1 unspecified atom stereocenters. The number of benzene rings is 4. The van der Waals surface area contributed by atoms with Crippen LogP contribution in [0.15, 0.2) is 141 Å². The molecule has 0 bridgehead atoms. The minimum atomic E-state index is -4.28. The number of ketones is 3. The van der Waals surface area contributed by atoms with Gasteiger partial charge in [0.15, 0.2) is 17.3 Å². The first-order chi connectivity index (χ1) is 64.5. The van der Waals surface area contributed by atoms with E-state index in [9.17, 15) is 51.5 Å². The normalized spacial score (nSPS) is 17.1. The number of amides is 1. The first kappa shape index (κ1) is 101. The third-order valence-corrected chi connectivity index (χ3v) is 29.9. The van der Waals surface area contributed by atoms with Crippen LogP contribution in [0.5, 0.6) is 17.2 Å². The largest absolute Gasteiger partial charge is 0.496 e. The molecule has 8 aromatic heterocycles. The zero-order valence-electron chi connectivity index (χ0n) is 82.5. The van der Waals surface area contributed by atoms with Crippen molar-refractivity contribution in [3.63, 3.8) is 0 Å². The summed E-state index contributed by atoms with van der Waals surface area (Å²) in [5.41, 5.74) is 16.0. The molecule has 4 fully saturated rings. The highest BCUT2D eigenvalue weighted by molar-refractivity contribution is 6.12. The zero-order valence-corrected chi connectivity index (χ0v) is 82.5. The molecule has 4 aromatic carbocycles. The van der Waals surface area contributed by atoms with Crippen LogP contribution < -0.4 is 41.8 Å². The minimum absolute atomic E-state index is 0.0202. The van der Waals surface area contributed by atoms with Gasteiger partial charge in [0.05, 0.1) is 43.6 Å². The van der Waals surface area contributed by atoms with Gasteiger partial charge in [-0.15, -0.1) is 0 Å². The number of nitrogens with zero attached hydrogens (tertiary/aromatic N) is 7. The highest BCUT2D eigenvalue weighted by Gasteiger charge is 2.47. The number of ether oxygens (including phenoxy) is 3. The van der Waals surface area contributed by atoms with Crippen molar-refractivity contribution in [2.24, 2.45) is 23.7 Å². The summed E-state index contributed by atoms with van der Waals surface area (Å²) in [6.07, 6.45) is 9.09. The van der Waals surface area contributed by atoms with Gasteiger partial charge in [-0.3, -0.25) is 43.3 Å². The quantitative estimate of drug-likeness (QED) is 0.0300. The minimum Gasteiger partial charge on any atom is -0.496 e. The predicted molar refractivity (Wildman–Crippen MR) is 533 cm³/mol. The molecule has 1 amide bonds. The number of para-hydroxylation sites is 4. The molecule has 3 saturated heterocycles. The Hall–Kier alpha value is -11.6. The van der Waals surface area contributed by atoms with E-state index in [4.69, 9.17) is 14.2 Å². The topological polar surface area (TPSA) is 269 Å². The number of pyridine rings is 4. The van der Waals surface area contributed by atoms with Crippen LogP contribution in [0.4, 0.5) is 13.2 Å². The fraction of sp³-hybridized carbons (Fsp3) is 0.486. The predicted octanol–water partition coefficient (Wildman–Crippen LogP) is 20.7. The van der Waals surface area contributed by atoms with Gasteiger partial charge in [-0.1, -0.05) is 99.0 Å². The number of aromatic amines is 4. The maximum absolute atomic E-state index is 13.7. The maximum Gasteiger partial charge on any atom is 0.404 e.